The summed E-state index contributed by atoms with van der Waals surface area (Å²) >= 11 is 1.45. The number of amides is 1. The molecule has 1 aromatic carbocycles. The van der Waals surface area contributed by atoms with Crippen LogP contribution in [0.2, 0.25) is 0 Å². The van der Waals surface area contributed by atoms with Crippen LogP contribution in [0, 0.1) is 6.92 Å². The van der Waals surface area contributed by atoms with Crippen LogP contribution >= 0.6 is 11.3 Å². The number of aromatic nitrogens is 4. The van der Waals surface area contributed by atoms with E-state index in [4.69, 9.17) is 0 Å². The lowest BCUT2D eigenvalue weighted by Gasteiger charge is -2.33. The van der Waals surface area contributed by atoms with Crippen molar-refractivity contribution in [2.45, 2.75) is 11.8 Å². The topological polar surface area (TPSA) is 101 Å². The molecule has 1 amide bonds. The van der Waals surface area contributed by atoms with Gasteiger partial charge in [0.15, 0.2) is 0 Å². The molecule has 1 saturated heterocycles. The molecular weight excluding hydrogens is 400 g/mol. The Bertz CT molecular complexity index is 1090. The molecule has 0 spiro atoms. The number of tetrazole rings is 1. The van der Waals surface area contributed by atoms with E-state index < -0.39 is 10.0 Å². The van der Waals surface area contributed by atoms with Gasteiger partial charge in [0, 0.05) is 31.1 Å². The van der Waals surface area contributed by atoms with Crippen molar-refractivity contribution >= 4 is 27.3 Å². The number of hydrogen-bond donors (Lipinski definition) is 0. The number of carbonyl (C=O) groups is 1. The highest BCUT2D eigenvalue weighted by Crippen LogP contribution is 2.22. The number of piperazine rings is 1. The van der Waals surface area contributed by atoms with Crippen LogP contribution in [0.5, 0.6) is 0 Å². The zero-order chi connectivity index (χ0) is 19.7. The van der Waals surface area contributed by atoms with Gasteiger partial charge in [0.2, 0.25) is 10.0 Å². The van der Waals surface area contributed by atoms with Gasteiger partial charge in [-0.1, -0.05) is 6.07 Å². The molecule has 0 radical (unpaired) electrons. The molecule has 1 fully saturated rings. The summed E-state index contributed by atoms with van der Waals surface area (Å²) in [7, 11) is -3.67. The maximum absolute atomic E-state index is 13.0. The fraction of sp³-hybridized carbons (Fsp3) is 0.294. The van der Waals surface area contributed by atoms with Crippen molar-refractivity contribution in [3.05, 3.63) is 52.5 Å². The molecule has 3 heterocycles. The lowest BCUT2D eigenvalue weighted by Crippen LogP contribution is -2.50. The van der Waals surface area contributed by atoms with Gasteiger partial charge in [0.05, 0.1) is 15.5 Å². The average Bonchev–Trinajstić information content (AvgIpc) is 3.39. The van der Waals surface area contributed by atoms with Crippen molar-refractivity contribution in [1.82, 2.24) is 29.4 Å². The molecule has 28 heavy (non-hydrogen) atoms. The lowest BCUT2D eigenvalue weighted by atomic mass is 10.3. The highest BCUT2D eigenvalue weighted by molar-refractivity contribution is 7.89. The molecule has 0 N–H and O–H groups in total. The first kappa shape index (κ1) is 18.7. The van der Waals surface area contributed by atoms with E-state index in [0.29, 0.717) is 23.7 Å². The second-order valence-electron chi connectivity index (χ2n) is 6.36. The largest absolute Gasteiger partial charge is 0.335 e. The normalized spacial score (nSPS) is 15.7. The number of carbonyl (C=O) groups excluding carboxylic acids is 1. The number of nitrogens with zero attached hydrogens (tertiary/aromatic N) is 6. The molecule has 1 aliphatic heterocycles. The summed E-state index contributed by atoms with van der Waals surface area (Å²) in [4.78, 5) is 16.2. The lowest BCUT2D eigenvalue weighted by molar-refractivity contribution is 0.0703. The zero-order valence-corrected chi connectivity index (χ0v) is 16.7. The monoisotopic (exact) mass is 418 g/mol. The molecule has 0 unspecified atom stereocenters. The Morgan fingerprint density at radius 3 is 2.54 bits per heavy atom. The van der Waals surface area contributed by atoms with E-state index in [1.807, 2.05) is 19.1 Å². The van der Waals surface area contributed by atoms with Gasteiger partial charge in [-0.05, 0) is 47.7 Å². The van der Waals surface area contributed by atoms with Crippen molar-refractivity contribution in [1.29, 1.82) is 0 Å². The number of benzene rings is 1. The van der Waals surface area contributed by atoms with Crippen molar-refractivity contribution in [2.24, 2.45) is 0 Å². The van der Waals surface area contributed by atoms with Crippen LogP contribution < -0.4 is 0 Å². The second-order valence-corrected chi connectivity index (χ2v) is 9.58. The van der Waals surface area contributed by atoms with E-state index in [1.165, 1.54) is 32.7 Å². The van der Waals surface area contributed by atoms with E-state index >= 15 is 0 Å². The van der Waals surface area contributed by atoms with E-state index in [2.05, 4.69) is 15.5 Å². The van der Waals surface area contributed by atoms with Crippen molar-refractivity contribution in [2.75, 3.05) is 26.2 Å². The summed E-state index contributed by atoms with van der Waals surface area (Å²) in [6, 6.07) is 10.2. The fourth-order valence-electron chi connectivity index (χ4n) is 3.05. The molecule has 11 heteroatoms. The van der Waals surface area contributed by atoms with Gasteiger partial charge < -0.3 is 4.90 Å². The first-order valence-corrected chi connectivity index (χ1v) is 10.9. The van der Waals surface area contributed by atoms with Gasteiger partial charge in [-0.3, -0.25) is 4.79 Å². The summed E-state index contributed by atoms with van der Waals surface area (Å²) in [5.74, 6) is -0.0455. The first-order chi connectivity index (χ1) is 13.4. The summed E-state index contributed by atoms with van der Waals surface area (Å²) in [5.41, 5.74) is 0.563. The molecule has 146 valence electrons. The van der Waals surface area contributed by atoms with Crippen LogP contribution in [0.3, 0.4) is 0 Å². The van der Waals surface area contributed by atoms with Crippen LogP contribution in [-0.4, -0.2) is 69.9 Å². The van der Waals surface area contributed by atoms with Crippen LogP contribution in [0.25, 0.3) is 5.69 Å². The van der Waals surface area contributed by atoms with E-state index in [0.717, 1.165) is 4.88 Å². The average molecular weight is 419 g/mol. The van der Waals surface area contributed by atoms with Crippen molar-refractivity contribution in [3.63, 3.8) is 0 Å². The van der Waals surface area contributed by atoms with Crippen LogP contribution in [0.15, 0.2) is 47.6 Å². The molecule has 0 atom stereocenters. The molecule has 0 bridgehead atoms. The predicted molar refractivity (Wildman–Crippen MR) is 103 cm³/mol. The van der Waals surface area contributed by atoms with Gasteiger partial charge in [0.1, 0.15) is 6.33 Å². The minimum atomic E-state index is -3.67. The van der Waals surface area contributed by atoms with Gasteiger partial charge in [-0.2, -0.15) is 4.31 Å². The van der Waals surface area contributed by atoms with Gasteiger partial charge >= 0.3 is 0 Å². The number of hydrogen-bond acceptors (Lipinski definition) is 7. The Labute approximate surface area is 166 Å². The third kappa shape index (κ3) is 3.55. The molecular formula is C17H18N6O3S2. The first-order valence-electron chi connectivity index (χ1n) is 8.64. The zero-order valence-electron chi connectivity index (χ0n) is 15.1. The Kier molecular flexibility index (Phi) is 4.96. The van der Waals surface area contributed by atoms with Crippen molar-refractivity contribution < 1.29 is 13.2 Å². The number of thiophene rings is 1. The molecule has 4 rings (SSSR count). The summed E-state index contributed by atoms with van der Waals surface area (Å²) < 4.78 is 28.9. The quantitative estimate of drug-likeness (QED) is 0.631. The minimum Gasteiger partial charge on any atom is -0.335 e. The highest BCUT2D eigenvalue weighted by Gasteiger charge is 2.31. The SMILES string of the molecule is Cc1ccc(C(=O)N2CCN(S(=O)(=O)c3cccc(-n4cnnn4)c3)CC2)s1. The summed E-state index contributed by atoms with van der Waals surface area (Å²) in [5, 5.41) is 10.9. The van der Waals surface area contributed by atoms with Crippen LogP contribution in [0.1, 0.15) is 14.5 Å². The molecule has 2 aromatic heterocycles. The molecule has 3 aromatic rings. The third-order valence-corrected chi connectivity index (χ3v) is 7.43. The Balaban J connectivity index is 1.48. The highest BCUT2D eigenvalue weighted by atomic mass is 32.2. The predicted octanol–water partition coefficient (Wildman–Crippen LogP) is 1.18. The molecule has 9 nitrogen and oxygen atoms in total. The van der Waals surface area contributed by atoms with E-state index in [1.54, 1.807) is 23.1 Å². The number of aryl methyl sites for hydroxylation is 1. The fourth-order valence-corrected chi connectivity index (χ4v) is 5.35. The number of rotatable bonds is 4. The summed E-state index contributed by atoms with van der Waals surface area (Å²) in [6.45, 7) is 3.19. The third-order valence-electron chi connectivity index (χ3n) is 4.55. The van der Waals surface area contributed by atoms with Gasteiger partial charge in [-0.25, -0.2) is 13.1 Å². The van der Waals surface area contributed by atoms with E-state index in [9.17, 15) is 13.2 Å². The summed E-state index contributed by atoms with van der Waals surface area (Å²) in [6.07, 6.45) is 1.41. The number of sulfonamides is 1. The Morgan fingerprint density at radius 1 is 1.11 bits per heavy atom. The van der Waals surface area contributed by atoms with E-state index in [-0.39, 0.29) is 23.9 Å². The maximum atomic E-state index is 13.0. The molecule has 1 aliphatic rings. The van der Waals surface area contributed by atoms with Crippen LogP contribution in [-0.2, 0) is 10.0 Å². The maximum Gasteiger partial charge on any atom is 0.264 e. The smallest absolute Gasteiger partial charge is 0.264 e. The van der Waals surface area contributed by atoms with Gasteiger partial charge in [-0.15, -0.1) is 16.4 Å². The second kappa shape index (κ2) is 7.41. The van der Waals surface area contributed by atoms with Crippen molar-refractivity contribution in [3.8, 4) is 5.69 Å². The van der Waals surface area contributed by atoms with Crippen LogP contribution in [0.4, 0.5) is 0 Å². The standard InChI is InChI=1S/C17H18N6O3S2/c1-13-5-6-16(27-13)17(24)21-7-9-22(10-8-21)28(25,26)15-4-2-3-14(11-15)23-12-18-19-20-23/h2-6,11-12H,7-10H2,1H3. The van der Waals surface area contributed by atoms with Gasteiger partial charge in [0.25, 0.3) is 5.91 Å². The molecule has 0 saturated carbocycles. The Hall–Kier alpha value is -2.63. The molecule has 0 aliphatic carbocycles. The Morgan fingerprint density at radius 2 is 1.89 bits per heavy atom. The minimum absolute atomic E-state index is 0.0455.